The Hall–Kier alpha value is -2.97. The van der Waals surface area contributed by atoms with Crippen LogP contribution in [0.3, 0.4) is 0 Å². The van der Waals surface area contributed by atoms with Crippen LogP contribution in [0.1, 0.15) is 11.8 Å². The number of hydrogen-bond donors (Lipinski definition) is 3. The molecular formula is C18H17F3N5O7P. The van der Waals surface area contributed by atoms with Crippen LogP contribution in [-0.4, -0.2) is 55.5 Å². The molecule has 3 aromatic rings. The summed E-state index contributed by atoms with van der Waals surface area (Å²) in [4.78, 5) is 21.8. The minimum atomic E-state index is -4.40. The number of aromatic amines is 1. The van der Waals surface area contributed by atoms with E-state index in [-0.39, 0.29) is 29.5 Å². The zero-order valence-electron chi connectivity index (χ0n) is 17.0. The second-order valence-corrected chi connectivity index (χ2v) is 9.22. The Morgan fingerprint density at radius 1 is 1.41 bits per heavy atom. The topological polar surface area (TPSA) is 164 Å². The largest absolute Gasteiger partial charge is 0.530 e. The SMILES string of the molecule is Nc1nc2c(ncn2[C@@H]2O[C@@](COP3(=O)OCc4ccccc4O3)(C(F)F)[C@@H](O)[C@@H]2F)c(=O)[nH]1. The summed E-state index contributed by atoms with van der Waals surface area (Å²) in [5.41, 5.74) is 1.84. The molecule has 2 aliphatic rings. The van der Waals surface area contributed by atoms with Crippen molar-refractivity contribution in [2.45, 2.75) is 37.1 Å². The van der Waals surface area contributed by atoms with Gasteiger partial charge in [-0.3, -0.25) is 23.4 Å². The van der Waals surface area contributed by atoms with Crippen LogP contribution < -0.4 is 15.8 Å². The van der Waals surface area contributed by atoms with Crippen molar-refractivity contribution >= 4 is 24.9 Å². The number of anilines is 1. The van der Waals surface area contributed by atoms with Crippen molar-refractivity contribution in [1.82, 2.24) is 19.5 Å². The highest BCUT2D eigenvalue weighted by Gasteiger charge is 2.62. The van der Waals surface area contributed by atoms with Gasteiger partial charge in [-0.15, -0.1) is 0 Å². The maximum atomic E-state index is 15.1. The highest BCUT2D eigenvalue weighted by molar-refractivity contribution is 7.49. The summed E-state index contributed by atoms with van der Waals surface area (Å²) in [5, 5.41) is 10.4. The second kappa shape index (κ2) is 8.06. The average molecular weight is 503 g/mol. The van der Waals surface area contributed by atoms with Crippen LogP contribution in [-0.2, 0) is 25.0 Å². The van der Waals surface area contributed by atoms with Gasteiger partial charge in [0.2, 0.25) is 5.95 Å². The van der Waals surface area contributed by atoms with E-state index in [1.54, 1.807) is 18.2 Å². The number of rotatable bonds is 5. The number of nitrogens with zero attached hydrogens (tertiary/aromatic N) is 3. The van der Waals surface area contributed by atoms with E-state index < -0.39 is 50.5 Å². The molecule has 2 aliphatic heterocycles. The minimum Gasteiger partial charge on any atom is -0.404 e. The van der Waals surface area contributed by atoms with Gasteiger partial charge in [0.1, 0.15) is 11.9 Å². The summed E-state index contributed by atoms with van der Waals surface area (Å²) in [7, 11) is -4.40. The Morgan fingerprint density at radius 2 is 2.18 bits per heavy atom. The molecule has 0 amide bonds. The summed E-state index contributed by atoms with van der Waals surface area (Å²) < 4.78 is 77.8. The lowest BCUT2D eigenvalue weighted by Crippen LogP contribution is -2.52. The van der Waals surface area contributed by atoms with Gasteiger partial charge in [-0.05, 0) is 6.07 Å². The van der Waals surface area contributed by atoms with Gasteiger partial charge in [-0.25, -0.2) is 22.7 Å². The number of ether oxygens (including phenoxy) is 1. The lowest BCUT2D eigenvalue weighted by Gasteiger charge is -2.32. The van der Waals surface area contributed by atoms with E-state index in [1.165, 1.54) is 6.07 Å². The maximum absolute atomic E-state index is 15.1. The fourth-order valence-electron chi connectivity index (χ4n) is 3.74. The quantitative estimate of drug-likeness (QED) is 0.436. The third-order valence-corrected chi connectivity index (χ3v) is 6.83. The smallest absolute Gasteiger partial charge is 0.404 e. The molecule has 2 aromatic heterocycles. The molecule has 16 heteroatoms. The first kappa shape index (κ1) is 22.8. The molecule has 5 rings (SSSR count). The van der Waals surface area contributed by atoms with Crippen LogP contribution in [0.25, 0.3) is 11.2 Å². The number of aliphatic hydroxyl groups excluding tert-OH is 1. The minimum absolute atomic E-state index is 0.163. The van der Waals surface area contributed by atoms with Crippen LogP contribution in [0.4, 0.5) is 19.1 Å². The lowest BCUT2D eigenvalue weighted by atomic mass is 9.97. The number of halogens is 3. The number of aliphatic hydroxyl groups is 1. The number of hydrogen-bond acceptors (Lipinski definition) is 10. The van der Waals surface area contributed by atoms with Crippen molar-refractivity contribution in [1.29, 1.82) is 0 Å². The van der Waals surface area contributed by atoms with Gasteiger partial charge >= 0.3 is 7.82 Å². The monoisotopic (exact) mass is 503 g/mol. The molecule has 0 spiro atoms. The number of nitrogens with one attached hydrogen (secondary N) is 1. The number of phosphoric acid groups is 1. The van der Waals surface area contributed by atoms with Gasteiger partial charge < -0.3 is 20.1 Å². The molecule has 1 aromatic carbocycles. The van der Waals surface area contributed by atoms with Gasteiger partial charge in [0, 0.05) is 5.56 Å². The van der Waals surface area contributed by atoms with Gasteiger partial charge in [-0.1, -0.05) is 18.2 Å². The molecule has 1 fully saturated rings. The van der Waals surface area contributed by atoms with Gasteiger partial charge in [-0.2, -0.15) is 4.98 Å². The molecular weight excluding hydrogens is 486 g/mol. The van der Waals surface area contributed by atoms with Crippen molar-refractivity contribution in [3.63, 3.8) is 0 Å². The second-order valence-electron chi connectivity index (χ2n) is 7.62. The first-order valence-electron chi connectivity index (χ1n) is 9.80. The van der Waals surface area contributed by atoms with Crippen molar-refractivity contribution in [2.75, 3.05) is 12.3 Å². The first-order valence-corrected chi connectivity index (χ1v) is 11.3. The molecule has 0 aliphatic carbocycles. The molecule has 4 N–H and O–H groups in total. The molecule has 4 heterocycles. The highest BCUT2D eigenvalue weighted by atomic mass is 31.2. The Labute approximate surface area is 188 Å². The molecule has 0 saturated carbocycles. The Morgan fingerprint density at radius 3 is 2.94 bits per heavy atom. The highest BCUT2D eigenvalue weighted by Crippen LogP contribution is 2.56. The number of nitrogen functional groups attached to an aromatic ring is 1. The zero-order valence-corrected chi connectivity index (χ0v) is 17.9. The normalized spacial score (nSPS) is 31.0. The molecule has 34 heavy (non-hydrogen) atoms. The van der Waals surface area contributed by atoms with Crippen molar-refractivity contribution in [3.05, 3.63) is 46.5 Å². The molecule has 1 saturated heterocycles. The van der Waals surface area contributed by atoms with E-state index in [0.717, 1.165) is 10.9 Å². The predicted molar refractivity (Wildman–Crippen MR) is 108 cm³/mol. The van der Waals surface area contributed by atoms with Crippen molar-refractivity contribution < 1.29 is 41.2 Å². The van der Waals surface area contributed by atoms with Crippen LogP contribution in [0, 0.1) is 0 Å². The molecule has 12 nitrogen and oxygen atoms in total. The number of alkyl halides is 3. The first-order chi connectivity index (χ1) is 16.1. The number of nitrogens with two attached hydrogens (primary N) is 1. The zero-order chi connectivity index (χ0) is 24.3. The van der Waals surface area contributed by atoms with Crippen LogP contribution in [0.2, 0.25) is 0 Å². The fraction of sp³-hybridized carbons (Fsp3) is 0.389. The molecule has 0 bridgehead atoms. The van der Waals surface area contributed by atoms with Crippen LogP contribution >= 0.6 is 7.82 Å². The number of benzene rings is 1. The third kappa shape index (κ3) is 3.56. The van der Waals surface area contributed by atoms with Crippen LogP contribution in [0.15, 0.2) is 35.4 Å². The molecule has 5 atom stereocenters. The molecule has 1 unspecified atom stereocenters. The Bertz CT molecular complexity index is 1350. The molecule has 182 valence electrons. The fourth-order valence-corrected chi connectivity index (χ4v) is 4.99. The molecule has 0 radical (unpaired) electrons. The van der Waals surface area contributed by atoms with E-state index in [0.29, 0.717) is 5.56 Å². The van der Waals surface area contributed by atoms with Gasteiger partial charge in [0.15, 0.2) is 29.2 Å². The summed E-state index contributed by atoms with van der Waals surface area (Å²) in [6.45, 7) is -1.43. The summed E-state index contributed by atoms with van der Waals surface area (Å²) in [6, 6.07) is 6.41. The Kier molecular flexibility index (Phi) is 5.41. The summed E-state index contributed by atoms with van der Waals surface area (Å²) in [6.07, 6.45) is -9.32. The Balaban J connectivity index is 1.43. The maximum Gasteiger partial charge on any atom is 0.530 e. The van der Waals surface area contributed by atoms with E-state index in [1.807, 2.05) is 0 Å². The number of fused-ring (bicyclic) bond motifs is 2. The average Bonchev–Trinajstić information content (AvgIpc) is 3.32. The lowest BCUT2D eigenvalue weighted by molar-refractivity contribution is -0.193. The number of phosphoric ester groups is 1. The number of para-hydroxylation sites is 1. The van der Waals surface area contributed by atoms with E-state index >= 15 is 4.39 Å². The van der Waals surface area contributed by atoms with E-state index in [2.05, 4.69) is 15.0 Å². The van der Waals surface area contributed by atoms with Gasteiger partial charge in [0.25, 0.3) is 12.0 Å². The van der Waals surface area contributed by atoms with Gasteiger partial charge in [0.05, 0.1) is 19.5 Å². The standard InChI is InChI=1S/C18H17F3N5O7P/c19-10-12(27)18(16(20)21,6-31-34(29)30-5-8-3-1-2-4-9(8)33-34)32-15(10)26-7-23-11-13(26)24-17(22)25-14(11)28/h1-4,7,10,12,15-16,27H,5-6H2,(H3,22,24,25,28)/t10-,12-,15+,18+,34?/m0/s1. The number of aromatic nitrogens is 4. The van der Waals surface area contributed by atoms with Crippen LogP contribution in [0.5, 0.6) is 5.75 Å². The van der Waals surface area contributed by atoms with E-state index in [9.17, 15) is 23.2 Å². The number of imidazole rings is 1. The van der Waals surface area contributed by atoms with E-state index in [4.69, 9.17) is 24.0 Å². The predicted octanol–water partition coefficient (Wildman–Crippen LogP) is 1.67. The van der Waals surface area contributed by atoms with Crippen molar-refractivity contribution in [3.8, 4) is 5.75 Å². The van der Waals surface area contributed by atoms with Crippen molar-refractivity contribution in [2.24, 2.45) is 0 Å². The third-order valence-electron chi connectivity index (χ3n) is 5.52. The number of H-pyrrole nitrogens is 1. The summed E-state index contributed by atoms with van der Waals surface area (Å²) in [5.74, 6) is -0.169. The summed E-state index contributed by atoms with van der Waals surface area (Å²) >= 11 is 0.